The summed E-state index contributed by atoms with van der Waals surface area (Å²) in [5, 5.41) is 7.89. The van der Waals surface area contributed by atoms with Gasteiger partial charge in [0.25, 0.3) is 17.7 Å². The van der Waals surface area contributed by atoms with Crippen LogP contribution in [0.3, 0.4) is 0 Å². The molecule has 142 valence electrons. The van der Waals surface area contributed by atoms with Crippen LogP contribution in [-0.2, 0) is 0 Å². The number of carbonyl (C=O) groups excluding carboxylic acids is 3. The number of hydrogen-bond acceptors (Lipinski definition) is 5. The Kier molecular flexibility index (Phi) is 3.99. The number of anilines is 1. The van der Waals surface area contributed by atoms with Crippen molar-refractivity contribution in [3.8, 4) is 0 Å². The van der Waals surface area contributed by atoms with E-state index in [1.54, 1.807) is 31.3 Å². The Morgan fingerprint density at radius 3 is 2.54 bits per heavy atom. The summed E-state index contributed by atoms with van der Waals surface area (Å²) in [6, 6.07) is 6.60. The molecule has 0 fully saturated rings. The first kappa shape index (κ1) is 17.8. The van der Waals surface area contributed by atoms with Crippen molar-refractivity contribution in [1.29, 1.82) is 0 Å². The van der Waals surface area contributed by atoms with Crippen molar-refractivity contribution in [2.24, 2.45) is 0 Å². The van der Waals surface area contributed by atoms with Gasteiger partial charge in [0.2, 0.25) is 0 Å². The fourth-order valence-electron chi connectivity index (χ4n) is 3.31. The molecule has 2 aromatic heterocycles. The molecule has 28 heavy (non-hydrogen) atoms. The maximum absolute atomic E-state index is 12.8. The highest BCUT2D eigenvalue weighted by Gasteiger charge is 2.32. The third-order valence-corrected chi connectivity index (χ3v) is 4.84. The lowest BCUT2D eigenvalue weighted by molar-refractivity contribution is 0.0692. The molecule has 0 bridgehead atoms. The number of amides is 3. The van der Waals surface area contributed by atoms with Gasteiger partial charge in [0, 0.05) is 24.2 Å². The third kappa shape index (κ3) is 2.65. The first-order valence-corrected chi connectivity index (χ1v) is 8.90. The summed E-state index contributed by atoms with van der Waals surface area (Å²) >= 11 is 0. The monoisotopic (exact) mass is 377 g/mol. The summed E-state index contributed by atoms with van der Waals surface area (Å²) in [4.78, 5) is 42.5. The Morgan fingerprint density at radius 1 is 1.11 bits per heavy atom. The Balaban J connectivity index is 1.65. The van der Waals surface area contributed by atoms with Crippen LogP contribution >= 0.6 is 0 Å². The van der Waals surface area contributed by atoms with Crippen LogP contribution in [0.1, 0.15) is 56.7 Å². The van der Waals surface area contributed by atoms with E-state index < -0.39 is 0 Å². The van der Waals surface area contributed by atoms with E-state index >= 15 is 0 Å². The van der Waals surface area contributed by atoms with Gasteiger partial charge in [-0.1, -0.05) is 0 Å². The first-order chi connectivity index (χ1) is 13.3. The summed E-state index contributed by atoms with van der Waals surface area (Å²) in [5.74, 6) is -1.06. The Labute approximate surface area is 161 Å². The SMILES string of the molecule is Cc1nc2c(cnn2C(C)C)cc1C(=O)Nc1ccc2c(c1)C(=O)N(C)C2=O. The van der Waals surface area contributed by atoms with E-state index in [2.05, 4.69) is 15.4 Å². The molecule has 1 aliphatic rings. The number of nitrogens with one attached hydrogen (secondary N) is 1. The van der Waals surface area contributed by atoms with Crippen LogP contribution in [0.2, 0.25) is 0 Å². The average molecular weight is 377 g/mol. The van der Waals surface area contributed by atoms with E-state index in [4.69, 9.17) is 0 Å². The molecule has 1 N–H and O–H groups in total. The van der Waals surface area contributed by atoms with Gasteiger partial charge < -0.3 is 5.32 Å². The van der Waals surface area contributed by atoms with E-state index in [0.29, 0.717) is 22.5 Å². The molecule has 3 heterocycles. The van der Waals surface area contributed by atoms with Crippen molar-refractivity contribution in [2.75, 3.05) is 12.4 Å². The van der Waals surface area contributed by atoms with Gasteiger partial charge in [-0.2, -0.15) is 5.10 Å². The van der Waals surface area contributed by atoms with Crippen molar-refractivity contribution in [1.82, 2.24) is 19.7 Å². The summed E-state index contributed by atoms with van der Waals surface area (Å²) < 4.78 is 1.81. The number of pyridine rings is 1. The molecule has 0 spiro atoms. The Hall–Kier alpha value is -3.55. The summed E-state index contributed by atoms with van der Waals surface area (Å²) in [5.41, 5.74) is 2.81. The molecule has 1 aliphatic heterocycles. The highest BCUT2D eigenvalue weighted by Crippen LogP contribution is 2.26. The normalized spacial score (nSPS) is 13.5. The second kappa shape index (κ2) is 6.26. The number of fused-ring (bicyclic) bond motifs is 2. The second-order valence-corrected chi connectivity index (χ2v) is 7.10. The van der Waals surface area contributed by atoms with Gasteiger partial charge in [-0.05, 0) is 45.0 Å². The van der Waals surface area contributed by atoms with Gasteiger partial charge in [0.05, 0.1) is 28.6 Å². The lowest BCUT2D eigenvalue weighted by atomic mass is 10.1. The van der Waals surface area contributed by atoms with Crippen molar-refractivity contribution in [2.45, 2.75) is 26.8 Å². The molecule has 3 aromatic rings. The lowest BCUT2D eigenvalue weighted by Crippen LogP contribution is -2.24. The minimum Gasteiger partial charge on any atom is -0.322 e. The van der Waals surface area contributed by atoms with E-state index in [1.807, 2.05) is 18.5 Å². The zero-order valence-corrected chi connectivity index (χ0v) is 16.0. The van der Waals surface area contributed by atoms with Gasteiger partial charge in [-0.15, -0.1) is 0 Å². The van der Waals surface area contributed by atoms with Crippen LogP contribution in [0.4, 0.5) is 5.69 Å². The number of imide groups is 1. The molecule has 0 unspecified atom stereocenters. The summed E-state index contributed by atoms with van der Waals surface area (Å²) in [7, 11) is 1.44. The van der Waals surface area contributed by atoms with E-state index in [-0.39, 0.29) is 29.3 Å². The standard InChI is InChI=1S/C20H19N5O3/c1-10(2)25-17-12(9-21-25)7-15(11(3)22-17)18(26)23-13-5-6-14-16(8-13)20(28)24(4)19(14)27/h5-10H,1-4H3,(H,23,26). The quantitative estimate of drug-likeness (QED) is 0.708. The van der Waals surface area contributed by atoms with Gasteiger partial charge in [0.1, 0.15) is 0 Å². The summed E-state index contributed by atoms with van der Waals surface area (Å²) in [6.07, 6.45) is 1.69. The number of benzene rings is 1. The Bertz CT molecular complexity index is 1160. The van der Waals surface area contributed by atoms with Gasteiger partial charge in [-0.3, -0.25) is 19.3 Å². The fourth-order valence-corrected chi connectivity index (χ4v) is 3.31. The van der Waals surface area contributed by atoms with Crippen LogP contribution in [-0.4, -0.2) is 44.4 Å². The van der Waals surface area contributed by atoms with Crippen molar-refractivity contribution in [3.63, 3.8) is 0 Å². The van der Waals surface area contributed by atoms with E-state index in [1.165, 1.54) is 13.1 Å². The molecule has 0 aliphatic carbocycles. The largest absolute Gasteiger partial charge is 0.322 e. The number of aryl methyl sites for hydroxylation is 1. The molecule has 8 nitrogen and oxygen atoms in total. The van der Waals surface area contributed by atoms with E-state index in [9.17, 15) is 14.4 Å². The maximum Gasteiger partial charge on any atom is 0.261 e. The Morgan fingerprint density at radius 2 is 1.82 bits per heavy atom. The first-order valence-electron chi connectivity index (χ1n) is 8.90. The number of nitrogens with zero attached hydrogens (tertiary/aromatic N) is 4. The zero-order chi connectivity index (χ0) is 20.2. The van der Waals surface area contributed by atoms with Crippen LogP contribution in [0, 0.1) is 6.92 Å². The summed E-state index contributed by atoms with van der Waals surface area (Å²) in [6.45, 7) is 5.80. The molecule has 0 saturated carbocycles. The van der Waals surface area contributed by atoms with Crippen LogP contribution < -0.4 is 5.32 Å². The second-order valence-electron chi connectivity index (χ2n) is 7.10. The van der Waals surface area contributed by atoms with Crippen LogP contribution in [0.15, 0.2) is 30.5 Å². The number of aromatic nitrogens is 3. The predicted octanol–water partition coefficient (Wildman–Crippen LogP) is 2.80. The van der Waals surface area contributed by atoms with Crippen LogP contribution in [0.5, 0.6) is 0 Å². The predicted molar refractivity (Wildman–Crippen MR) is 103 cm³/mol. The van der Waals surface area contributed by atoms with Crippen molar-refractivity contribution >= 4 is 34.4 Å². The molecule has 3 amide bonds. The van der Waals surface area contributed by atoms with Gasteiger partial charge >= 0.3 is 0 Å². The molecular formula is C20H19N5O3. The third-order valence-electron chi connectivity index (χ3n) is 4.84. The molecule has 0 saturated heterocycles. The van der Waals surface area contributed by atoms with E-state index in [0.717, 1.165) is 15.9 Å². The maximum atomic E-state index is 12.8. The fraction of sp³-hybridized carbons (Fsp3) is 0.250. The lowest BCUT2D eigenvalue weighted by Gasteiger charge is -2.10. The highest BCUT2D eigenvalue weighted by atomic mass is 16.2. The number of rotatable bonds is 3. The average Bonchev–Trinajstić information content (AvgIpc) is 3.16. The molecular weight excluding hydrogens is 358 g/mol. The molecule has 0 atom stereocenters. The molecule has 0 radical (unpaired) electrons. The van der Waals surface area contributed by atoms with Gasteiger partial charge in [-0.25, -0.2) is 9.67 Å². The zero-order valence-electron chi connectivity index (χ0n) is 16.0. The number of carbonyl (C=O) groups is 3. The smallest absolute Gasteiger partial charge is 0.261 e. The minimum absolute atomic E-state index is 0.161. The van der Waals surface area contributed by atoms with Crippen molar-refractivity contribution < 1.29 is 14.4 Å². The topological polar surface area (TPSA) is 97.2 Å². The molecule has 8 heteroatoms. The van der Waals surface area contributed by atoms with Gasteiger partial charge in [0.15, 0.2) is 5.65 Å². The highest BCUT2D eigenvalue weighted by molar-refractivity contribution is 6.21. The number of hydrogen-bond donors (Lipinski definition) is 1. The minimum atomic E-state index is -0.378. The molecule has 4 rings (SSSR count). The van der Waals surface area contributed by atoms with Crippen LogP contribution in [0.25, 0.3) is 11.0 Å². The van der Waals surface area contributed by atoms with Crippen molar-refractivity contribution in [3.05, 3.63) is 52.8 Å². The molecule has 1 aromatic carbocycles.